The molecule has 0 aliphatic rings. The van der Waals surface area contributed by atoms with Gasteiger partial charge in [0.25, 0.3) is 0 Å². The summed E-state index contributed by atoms with van der Waals surface area (Å²) in [5.74, 6) is 0. The molecule has 2 nitrogen and oxygen atoms in total. The number of rotatable bonds is 7. The summed E-state index contributed by atoms with van der Waals surface area (Å²) in [6.45, 7) is 0. The summed E-state index contributed by atoms with van der Waals surface area (Å²) < 4.78 is 2.40. The number of imidazole rings is 1. The van der Waals surface area contributed by atoms with Crippen molar-refractivity contribution < 1.29 is 0 Å². The van der Waals surface area contributed by atoms with E-state index >= 15 is 0 Å². The summed E-state index contributed by atoms with van der Waals surface area (Å²) in [4.78, 5) is 5.34. The normalized spacial score (nSPS) is 12.2. The fourth-order valence-electron chi connectivity index (χ4n) is 8.78. The first-order valence-corrected chi connectivity index (χ1v) is 27.8. The van der Waals surface area contributed by atoms with Gasteiger partial charge >= 0.3 is 361 Å². The molecule has 0 saturated heterocycles. The van der Waals surface area contributed by atoms with Crippen LogP contribution in [0.1, 0.15) is 0 Å². The van der Waals surface area contributed by atoms with Crippen molar-refractivity contribution in [1.82, 2.24) is 9.38 Å². The number of hydrogen-bond donors (Lipinski definition) is 0. The Hall–Kier alpha value is -5.39. The molecule has 0 aliphatic carbocycles. The fraction of sp³-hybridized carbons (Fsp3) is 0. The summed E-state index contributed by atoms with van der Waals surface area (Å²) in [6.07, 6.45) is 0. The van der Waals surface area contributed by atoms with Gasteiger partial charge in [0, 0.05) is 0 Å². The second kappa shape index (κ2) is 14.7. The molecule has 0 bridgehead atoms. The molecule has 0 amide bonds. The Kier molecular flexibility index (Phi) is 9.14. The van der Waals surface area contributed by atoms with Crippen LogP contribution < -0.4 is 31.8 Å². The molecule has 59 heavy (non-hydrogen) atoms. The molecule has 11 aromatic rings. The van der Waals surface area contributed by atoms with E-state index in [4.69, 9.17) is 4.98 Å². The molecule has 0 saturated carbocycles. The topological polar surface area (TPSA) is 17.3 Å². The molecule has 0 fully saturated rings. The molecule has 0 N–H and O–H groups in total. The zero-order valence-corrected chi connectivity index (χ0v) is 37.1. The van der Waals surface area contributed by atoms with Gasteiger partial charge in [-0.3, -0.25) is 0 Å². The third kappa shape index (κ3) is 6.02. The van der Waals surface area contributed by atoms with Gasteiger partial charge in [-0.05, 0) is 0 Å². The Morgan fingerprint density at radius 1 is 0.339 bits per heavy atom. The molecule has 0 spiro atoms. The summed E-state index contributed by atoms with van der Waals surface area (Å²) in [7, 11) is 0. The van der Waals surface area contributed by atoms with Crippen molar-refractivity contribution in [3.8, 4) is 11.1 Å². The molecule has 6 heteroatoms. The summed E-state index contributed by atoms with van der Waals surface area (Å²) in [5, 5.41) is 13.9. The molecular weight excluding hydrogens is 884 g/mol. The maximum atomic E-state index is 5.34. The van der Waals surface area contributed by atoms with Crippen molar-refractivity contribution in [3.05, 3.63) is 218 Å². The minimum absolute atomic E-state index is 0.979. The van der Waals surface area contributed by atoms with Crippen molar-refractivity contribution in [2.75, 3.05) is 0 Å². The van der Waals surface area contributed by atoms with Gasteiger partial charge in [0.1, 0.15) is 0 Å². The van der Waals surface area contributed by atoms with Gasteiger partial charge in [0.15, 0.2) is 0 Å². The zero-order valence-electron chi connectivity index (χ0n) is 31.9. The fourth-order valence-corrected chi connectivity index (χ4v) is 18.6. The summed E-state index contributed by atoms with van der Waals surface area (Å²) in [5.41, 5.74) is 2.54. The van der Waals surface area contributed by atoms with Gasteiger partial charge in [-0.2, -0.15) is 0 Å². The predicted octanol–water partition coefficient (Wildman–Crippen LogP) is 10.4. The number of hydrogen-bond acceptors (Lipinski definition) is 1. The van der Waals surface area contributed by atoms with Gasteiger partial charge in [-0.25, -0.2) is 0 Å². The quantitative estimate of drug-likeness (QED) is 0.0885. The molecule has 2 heterocycles. The van der Waals surface area contributed by atoms with Crippen molar-refractivity contribution in [1.29, 1.82) is 0 Å². The van der Waals surface area contributed by atoms with Crippen LogP contribution >= 0.6 is 11.0 Å². The minimum atomic E-state index is -2.09. The molecule has 2 aromatic heterocycles. The van der Waals surface area contributed by atoms with Crippen LogP contribution in [0.15, 0.2) is 218 Å². The van der Waals surface area contributed by atoms with Crippen LogP contribution in [0.5, 0.6) is 0 Å². The number of nitrogens with zero attached hydrogens (tertiary/aromatic N) is 2. The number of pyridine rings is 1. The van der Waals surface area contributed by atoms with Crippen molar-refractivity contribution in [3.63, 3.8) is 0 Å². The standard InChI is InChI=1S/C53H36N2P2Se2/c58-56(41-15-5-1-6-16-41,42-17-7-2-8-18-42)45-29-27-38-33-37(25-26-39(38)34-45)40-28-31-48-47-23-13-14-24-49(47)53-54-50-32-30-46(36-52(50)55(53)51(48)35-40)57(59,43-19-9-3-10-20-43)44-21-11-4-12-22-44/h1-36H. The number of benzene rings is 9. The molecule has 0 atom stereocenters. The third-order valence-electron chi connectivity index (χ3n) is 11.7. The Balaban J connectivity index is 1.09. The molecule has 280 valence electrons. The third-order valence-corrected chi connectivity index (χ3v) is 25.8. The maximum absolute atomic E-state index is 5.34. The van der Waals surface area contributed by atoms with Gasteiger partial charge in [-0.15, -0.1) is 0 Å². The van der Waals surface area contributed by atoms with E-state index < -0.39 is 11.0 Å². The van der Waals surface area contributed by atoms with E-state index in [1.165, 1.54) is 64.5 Å². The molecule has 0 radical (unpaired) electrons. The van der Waals surface area contributed by atoms with Crippen molar-refractivity contribution >= 4 is 122 Å². The van der Waals surface area contributed by atoms with Crippen LogP contribution in [0.25, 0.3) is 60.3 Å². The molecule has 11 rings (SSSR count). The zero-order chi connectivity index (χ0) is 39.6. The average Bonchev–Trinajstić information content (AvgIpc) is 3.71. The first-order valence-electron chi connectivity index (χ1n) is 19.7. The van der Waals surface area contributed by atoms with Gasteiger partial charge in [0.05, 0.1) is 0 Å². The first-order chi connectivity index (χ1) is 29.0. The molecule has 0 unspecified atom stereocenters. The second-order valence-corrected chi connectivity index (χ2v) is 27.5. The Morgan fingerprint density at radius 2 is 0.797 bits per heavy atom. The Labute approximate surface area is 358 Å². The van der Waals surface area contributed by atoms with Crippen LogP contribution in [0, 0.1) is 0 Å². The van der Waals surface area contributed by atoms with Gasteiger partial charge in [-0.1, -0.05) is 0 Å². The average molecular weight is 921 g/mol. The van der Waals surface area contributed by atoms with E-state index in [1.807, 2.05) is 0 Å². The monoisotopic (exact) mass is 922 g/mol. The van der Waals surface area contributed by atoms with Crippen LogP contribution in [0.2, 0.25) is 0 Å². The molecule has 9 aromatic carbocycles. The van der Waals surface area contributed by atoms with E-state index in [1.54, 1.807) is 0 Å². The van der Waals surface area contributed by atoms with Gasteiger partial charge < -0.3 is 0 Å². The number of fused-ring (bicyclic) bond motifs is 9. The van der Waals surface area contributed by atoms with Crippen LogP contribution in [0.3, 0.4) is 0 Å². The van der Waals surface area contributed by atoms with E-state index in [-0.39, 0.29) is 0 Å². The second-order valence-electron chi connectivity index (χ2n) is 15.0. The molecular formula is C53H36N2P2Se2. The Bertz CT molecular complexity index is 3410. The van der Waals surface area contributed by atoms with Crippen molar-refractivity contribution in [2.45, 2.75) is 0 Å². The summed E-state index contributed by atoms with van der Waals surface area (Å²) in [6, 6.07) is 80.2. The van der Waals surface area contributed by atoms with E-state index in [2.05, 4.69) is 253 Å². The number of aromatic nitrogens is 2. The molecule has 0 aliphatic heterocycles. The van der Waals surface area contributed by atoms with E-state index in [9.17, 15) is 0 Å². The SMILES string of the molecule is [Se]=P(c1ccccc1)(c1ccccc1)c1ccc2cc(-c3ccc4c5ccccc5c5nc6ccc(P(=[Se])(c7ccccc7)c7ccccc7)cc6n5c4c3)ccc2c1. The predicted molar refractivity (Wildman–Crippen MR) is 260 cm³/mol. The van der Waals surface area contributed by atoms with Gasteiger partial charge in [0.2, 0.25) is 0 Å². The van der Waals surface area contributed by atoms with E-state index in [0.717, 1.165) is 27.6 Å². The first kappa shape index (κ1) is 36.7. The van der Waals surface area contributed by atoms with E-state index in [0.29, 0.717) is 0 Å². The Morgan fingerprint density at radius 3 is 1.39 bits per heavy atom. The van der Waals surface area contributed by atoms with Crippen LogP contribution in [-0.2, 0) is 0 Å². The van der Waals surface area contributed by atoms with Crippen LogP contribution in [-0.4, -0.2) is 39.6 Å². The van der Waals surface area contributed by atoms with Crippen LogP contribution in [0.4, 0.5) is 0 Å². The van der Waals surface area contributed by atoms with Crippen molar-refractivity contribution in [2.24, 2.45) is 0 Å². The summed E-state index contributed by atoms with van der Waals surface area (Å²) >= 11 is 7.49.